The molecule has 1 saturated heterocycles. The van der Waals surface area contributed by atoms with E-state index in [2.05, 4.69) is 20.6 Å². The van der Waals surface area contributed by atoms with Crippen LogP contribution in [0.15, 0.2) is 12.4 Å². The summed E-state index contributed by atoms with van der Waals surface area (Å²) < 4.78 is 1.80. The van der Waals surface area contributed by atoms with Crippen molar-refractivity contribution >= 4 is 39.0 Å². The molecule has 34 heavy (non-hydrogen) atoms. The van der Waals surface area contributed by atoms with Gasteiger partial charge in [-0.1, -0.05) is 0 Å². The third kappa shape index (κ3) is 3.88. The van der Waals surface area contributed by atoms with E-state index in [1.165, 1.54) is 93.1 Å². The first kappa shape index (κ1) is 21.1. The van der Waals surface area contributed by atoms with Gasteiger partial charge in [-0.15, -0.1) is 11.3 Å². The van der Waals surface area contributed by atoms with Gasteiger partial charge in [0.2, 0.25) is 5.95 Å². The number of aryl methyl sites for hydroxylation is 3. The lowest BCUT2D eigenvalue weighted by Gasteiger charge is -2.41. The number of aromatic nitrogens is 4. The normalized spacial score (nSPS) is 26.1. The summed E-state index contributed by atoms with van der Waals surface area (Å²) in [4.78, 5) is 15.3. The molecule has 3 fully saturated rings. The Balaban J connectivity index is 1.08. The lowest BCUT2D eigenvalue weighted by Crippen LogP contribution is -2.45. The van der Waals surface area contributed by atoms with E-state index in [0.29, 0.717) is 12.0 Å². The standard InChI is InChI=1S/C26H35N7S/c1-32-16-18(15-27-32)29-25-30-23(22-20-3-2-4-21(20)34-24(22)31-25)28-17-5-7-19(8-6-17)33-13-11-26(9-10-26)12-14-33/h15-17,19H,2-14H2,1H3,(H2,28,29,30,31). The Morgan fingerprint density at radius 1 is 1.03 bits per heavy atom. The zero-order valence-corrected chi connectivity index (χ0v) is 21.0. The molecule has 0 amide bonds. The van der Waals surface area contributed by atoms with E-state index in [1.54, 1.807) is 4.68 Å². The quantitative estimate of drug-likeness (QED) is 0.523. The van der Waals surface area contributed by atoms with Crippen LogP contribution >= 0.6 is 11.3 Å². The van der Waals surface area contributed by atoms with Crippen molar-refractivity contribution in [3.8, 4) is 0 Å². The number of hydrogen-bond donors (Lipinski definition) is 2. The average Bonchev–Trinajstić information content (AvgIpc) is 3.13. The van der Waals surface area contributed by atoms with Crippen molar-refractivity contribution in [3.63, 3.8) is 0 Å². The third-order valence-electron chi connectivity index (χ3n) is 8.90. The van der Waals surface area contributed by atoms with Gasteiger partial charge in [-0.05, 0) is 94.7 Å². The van der Waals surface area contributed by atoms with Crippen molar-refractivity contribution < 1.29 is 0 Å². The molecule has 0 atom stereocenters. The van der Waals surface area contributed by atoms with Gasteiger partial charge in [-0.2, -0.15) is 10.1 Å². The number of nitrogens with zero attached hydrogens (tertiary/aromatic N) is 5. The largest absolute Gasteiger partial charge is 0.367 e. The van der Waals surface area contributed by atoms with Gasteiger partial charge in [0.15, 0.2) is 0 Å². The van der Waals surface area contributed by atoms with Crippen LogP contribution in [0.4, 0.5) is 17.5 Å². The first-order valence-corrected chi connectivity index (χ1v) is 14.0. The summed E-state index contributed by atoms with van der Waals surface area (Å²) in [5.41, 5.74) is 3.19. The van der Waals surface area contributed by atoms with Crippen molar-refractivity contribution in [1.82, 2.24) is 24.6 Å². The number of thiophene rings is 1. The highest BCUT2D eigenvalue weighted by Crippen LogP contribution is 2.54. The molecule has 4 aliphatic rings. The lowest BCUT2D eigenvalue weighted by atomic mass is 9.86. The Hall–Kier alpha value is -2.19. The maximum Gasteiger partial charge on any atom is 0.230 e. The molecule has 4 heterocycles. The molecular weight excluding hydrogens is 442 g/mol. The molecule has 0 unspecified atom stereocenters. The van der Waals surface area contributed by atoms with Crippen LogP contribution in [0.2, 0.25) is 0 Å². The zero-order chi connectivity index (χ0) is 22.7. The molecule has 0 aromatic carbocycles. The topological polar surface area (TPSA) is 70.9 Å². The summed E-state index contributed by atoms with van der Waals surface area (Å²) in [5.74, 6) is 1.70. The molecule has 8 heteroatoms. The predicted molar refractivity (Wildman–Crippen MR) is 138 cm³/mol. The fourth-order valence-electron chi connectivity index (χ4n) is 6.59. The number of rotatable bonds is 5. The maximum atomic E-state index is 5.01. The smallest absolute Gasteiger partial charge is 0.230 e. The second kappa shape index (κ2) is 8.19. The van der Waals surface area contributed by atoms with E-state index < -0.39 is 0 Å². The molecule has 0 radical (unpaired) electrons. The van der Waals surface area contributed by atoms with E-state index in [4.69, 9.17) is 9.97 Å². The van der Waals surface area contributed by atoms with Gasteiger partial charge in [0.05, 0.1) is 17.3 Å². The van der Waals surface area contributed by atoms with Crippen LogP contribution in [0, 0.1) is 5.41 Å². The van der Waals surface area contributed by atoms with Crippen LogP contribution in [0.5, 0.6) is 0 Å². The minimum absolute atomic E-state index is 0.497. The van der Waals surface area contributed by atoms with Gasteiger partial charge in [-0.3, -0.25) is 4.68 Å². The average molecular weight is 478 g/mol. The van der Waals surface area contributed by atoms with Gasteiger partial charge >= 0.3 is 0 Å². The number of anilines is 3. The Morgan fingerprint density at radius 2 is 1.85 bits per heavy atom. The predicted octanol–water partition coefficient (Wildman–Crippen LogP) is 5.26. The monoisotopic (exact) mass is 477 g/mol. The number of hydrogen-bond acceptors (Lipinski definition) is 7. The first-order valence-electron chi connectivity index (χ1n) is 13.2. The van der Waals surface area contributed by atoms with Gasteiger partial charge in [0, 0.05) is 30.2 Å². The molecule has 3 aliphatic carbocycles. The zero-order valence-electron chi connectivity index (χ0n) is 20.1. The van der Waals surface area contributed by atoms with Gasteiger partial charge < -0.3 is 15.5 Å². The van der Waals surface area contributed by atoms with Crippen LogP contribution < -0.4 is 10.6 Å². The van der Waals surface area contributed by atoms with Crippen molar-refractivity contribution in [3.05, 3.63) is 22.8 Å². The van der Waals surface area contributed by atoms with Gasteiger partial charge in [-0.25, -0.2) is 4.98 Å². The molecule has 2 N–H and O–H groups in total. The summed E-state index contributed by atoms with van der Waals surface area (Å²) in [6, 6.07) is 1.28. The number of piperidine rings is 1. The lowest BCUT2D eigenvalue weighted by molar-refractivity contribution is 0.0975. The van der Waals surface area contributed by atoms with Gasteiger partial charge in [0.1, 0.15) is 10.6 Å². The molecule has 3 aromatic heterocycles. The fourth-order valence-corrected chi connectivity index (χ4v) is 7.85. The minimum atomic E-state index is 0.497. The number of likely N-dealkylation sites (tertiary alicyclic amines) is 1. The van der Waals surface area contributed by atoms with Gasteiger partial charge in [0.25, 0.3) is 0 Å². The molecular formula is C26H35N7S. The highest BCUT2D eigenvalue weighted by atomic mass is 32.1. The molecule has 0 bridgehead atoms. The van der Waals surface area contributed by atoms with Crippen molar-refractivity contribution in [2.45, 2.75) is 82.7 Å². The van der Waals surface area contributed by atoms with Crippen molar-refractivity contribution in [1.29, 1.82) is 0 Å². The van der Waals surface area contributed by atoms with Crippen molar-refractivity contribution in [2.75, 3.05) is 23.7 Å². The molecule has 1 aliphatic heterocycles. The Bertz CT molecular complexity index is 1190. The second-order valence-corrected chi connectivity index (χ2v) is 12.2. The maximum absolute atomic E-state index is 5.01. The van der Waals surface area contributed by atoms with E-state index in [0.717, 1.165) is 34.2 Å². The Morgan fingerprint density at radius 3 is 2.59 bits per heavy atom. The number of fused-ring (bicyclic) bond motifs is 3. The van der Waals surface area contributed by atoms with Crippen molar-refractivity contribution in [2.24, 2.45) is 12.5 Å². The van der Waals surface area contributed by atoms with E-state index in [9.17, 15) is 0 Å². The summed E-state index contributed by atoms with van der Waals surface area (Å²) in [6.45, 7) is 2.67. The summed E-state index contributed by atoms with van der Waals surface area (Å²) in [6.07, 6.45) is 18.3. The highest BCUT2D eigenvalue weighted by Gasteiger charge is 2.45. The molecule has 1 spiro atoms. The second-order valence-electron chi connectivity index (χ2n) is 11.1. The Kier molecular flexibility index (Phi) is 5.09. The third-order valence-corrected chi connectivity index (χ3v) is 10.1. The first-order chi connectivity index (χ1) is 16.6. The SMILES string of the molecule is Cn1cc(Nc2nc(NC3CCC(N4CCC5(CC4)CC5)CC3)c3c4c(sc3n2)CCC4)cn1. The molecule has 7 nitrogen and oxygen atoms in total. The van der Waals surface area contributed by atoms with E-state index >= 15 is 0 Å². The van der Waals surface area contributed by atoms with Crippen LogP contribution in [0.3, 0.4) is 0 Å². The van der Waals surface area contributed by atoms with Crippen LogP contribution in [-0.2, 0) is 19.9 Å². The van der Waals surface area contributed by atoms with Crippen LogP contribution in [-0.4, -0.2) is 49.8 Å². The number of nitrogens with one attached hydrogen (secondary N) is 2. The summed E-state index contributed by atoms with van der Waals surface area (Å²) in [7, 11) is 1.93. The Labute approximate surface area is 205 Å². The molecule has 3 aromatic rings. The molecule has 180 valence electrons. The fraction of sp³-hybridized carbons (Fsp3) is 0.654. The highest BCUT2D eigenvalue weighted by molar-refractivity contribution is 7.19. The van der Waals surface area contributed by atoms with Crippen LogP contribution in [0.25, 0.3) is 10.2 Å². The minimum Gasteiger partial charge on any atom is -0.367 e. The van der Waals surface area contributed by atoms with E-state index in [1.807, 2.05) is 30.8 Å². The molecule has 7 rings (SSSR count). The van der Waals surface area contributed by atoms with Crippen LogP contribution in [0.1, 0.15) is 68.2 Å². The van der Waals surface area contributed by atoms with E-state index in [-0.39, 0.29) is 0 Å². The summed E-state index contributed by atoms with van der Waals surface area (Å²) in [5, 5.41) is 12.8. The summed E-state index contributed by atoms with van der Waals surface area (Å²) >= 11 is 1.86. The molecule has 2 saturated carbocycles.